The fourth-order valence-corrected chi connectivity index (χ4v) is 4.68. The molecule has 2 N–H and O–H groups in total. The number of primary amides is 1. The molecule has 2 aliphatic rings. The third-order valence-corrected chi connectivity index (χ3v) is 5.78. The van der Waals surface area contributed by atoms with Crippen molar-refractivity contribution in [3.05, 3.63) is 35.6 Å². The van der Waals surface area contributed by atoms with Crippen LogP contribution in [0.4, 0.5) is 9.18 Å². The molecule has 0 radical (unpaired) electrons. The Labute approximate surface area is 153 Å². The number of nitrogens with zero attached hydrogens (tertiary/aromatic N) is 1. The molecule has 0 bridgehead atoms. The van der Waals surface area contributed by atoms with Gasteiger partial charge in [-0.25, -0.2) is 9.18 Å². The molecule has 3 rings (SSSR count). The normalized spacial score (nSPS) is 24.5. The van der Waals surface area contributed by atoms with Crippen molar-refractivity contribution in [3.8, 4) is 0 Å². The summed E-state index contributed by atoms with van der Waals surface area (Å²) in [7, 11) is 0. The van der Waals surface area contributed by atoms with E-state index in [9.17, 15) is 14.0 Å². The van der Waals surface area contributed by atoms with Crippen LogP contribution in [0, 0.1) is 11.7 Å². The summed E-state index contributed by atoms with van der Waals surface area (Å²) in [5.41, 5.74) is 5.93. The number of carbonyl (C=O) groups is 2. The van der Waals surface area contributed by atoms with Crippen molar-refractivity contribution in [3.63, 3.8) is 0 Å². The highest BCUT2D eigenvalue weighted by Crippen LogP contribution is 2.40. The van der Waals surface area contributed by atoms with Crippen molar-refractivity contribution < 1.29 is 18.7 Å². The van der Waals surface area contributed by atoms with Crippen LogP contribution in [0.2, 0.25) is 0 Å². The zero-order valence-electron chi connectivity index (χ0n) is 15.0. The monoisotopic (exact) mass is 362 g/mol. The molecule has 142 valence electrons. The number of piperidine rings is 1. The molecule has 26 heavy (non-hydrogen) atoms. The van der Waals surface area contributed by atoms with Crippen molar-refractivity contribution in [1.29, 1.82) is 0 Å². The lowest BCUT2D eigenvalue weighted by Crippen LogP contribution is -2.48. The van der Waals surface area contributed by atoms with Gasteiger partial charge in [-0.1, -0.05) is 25.0 Å². The van der Waals surface area contributed by atoms with Gasteiger partial charge in [0.1, 0.15) is 5.82 Å². The van der Waals surface area contributed by atoms with Crippen LogP contribution >= 0.6 is 0 Å². The van der Waals surface area contributed by atoms with Crippen LogP contribution in [0.3, 0.4) is 0 Å². The predicted octanol–water partition coefficient (Wildman–Crippen LogP) is 3.92. The molecule has 1 saturated carbocycles. The Morgan fingerprint density at radius 3 is 2.58 bits per heavy atom. The van der Waals surface area contributed by atoms with E-state index in [1.807, 2.05) is 0 Å². The number of hydrogen-bond acceptors (Lipinski definition) is 4. The van der Waals surface area contributed by atoms with Crippen molar-refractivity contribution in [2.45, 2.75) is 63.5 Å². The number of fused-ring (bicyclic) bond motifs is 1. The number of amides is 1. The number of hydrogen-bond donors (Lipinski definition) is 1. The third-order valence-electron chi connectivity index (χ3n) is 5.78. The number of ether oxygens (including phenoxy) is 1. The minimum Gasteiger partial charge on any atom is -0.376 e. The number of carbonyl (C=O) groups excluding carboxylic acids is 2. The van der Waals surface area contributed by atoms with Gasteiger partial charge in [-0.05, 0) is 62.3 Å². The first-order valence-electron chi connectivity index (χ1n) is 9.56. The quantitative estimate of drug-likeness (QED) is 0.636. The SMILES string of the molecule is NC(=O)OC(=O)CCC(c1ccc(F)cc1)N1CCCC2CCCCC21. The van der Waals surface area contributed by atoms with Crippen molar-refractivity contribution in [1.82, 2.24) is 4.90 Å². The predicted molar refractivity (Wildman–Crippen MR) is 95.7 cm³/mol. The molecule has 0 spiro atoms. The number of halogens is 1. The molecular formula is C20H27FN2O3. The summed E-state index contributed by atoms with van der Waals surface area (Å²) in [4.78, 5) is 25.1. The summed E-state index contributed by atoms with van der Waals surface area (Å²) >= 11 is 0. The van der Waals surface area contributed by atoms with E-state index in [2.05, 4.69) is 9.64 Å². The summed E-state index contributed by atoms with van der Waals surface area (Å²) in [6, 6.07) is 7.05. The van der Waals surface area contributed by atoms with E-state index in [1.54, 1.807) is 12.1 Å². The molecule has 1 saturated heterocycles. The topological polar surface area (TPSA) is 72.6 Å². The van der Waals surface area contributed by atoms with Gasteiger partial charge in [0.25, 0.3) is 0 Å². The first-order valence-corrected chi connectivity index (χ1v) is 9.56. The fraction of sp³-hybridized carbons (Fsp3) is 0.600. The molecule has 2 fully saturated rings. The number of rotatable bonds is 5. The average Bonchev–Trinajstić information content (AvgIpc) is 2.63. The maximum atomic E-state index is 13.4. The van der Waals surface area contributed by atoms with E-state index < -0.39 is 12.1 Å². The van der Waals surface area contributed by atoms with E-state index in [-0.39, 0.29) is 18.3 Å². The number of nitrogens with two attached hydrogens (primary N) is 1. The van der Waals surface area contributed by atoms with Crippen LogP contribution in [0.25, 0.3) is 0 Å². The van der Waals surface area contributed by atoms with Gasteiger partial charge in [0.2, 0.25) is 0 Å². The minimum atomic E-state index is -1.07. The zero-order chi connectivity index (χ0) is 18.5. The van der Waals surface area contributed by atoms with Gasteiger partial charge < -0.3 is 10.5 Å². The molecule has 1 heterocycles. The molecule has 1 amide bonds. The Morgan fingerprint density at radius 1 is 1.15 bits per heavy atom. The van der Waals surface area contributed by atoms with Gasteiger partial charge in [-0.15, -0.1) is 0 Å². The van der Waals surface area contributed by atoms with E-state index in [4.69, 9.17) is 5.73 Å². The Balaban J connectivity index is 1.78. The standard InChI is InChI=1S/C20H27FN2O3/c21-16-9-7-15(8-10-16)18(11-12-19(24)26-20(22)25)23-13-3-5-14-4-1-2-6-17(14)23/h7-10,14,17-18H,1-6,11-13H2,(H2,22,25). The Morgan fingerprint density at radius 2 is 1.85 bits per heavy atom. The summed E-state index contributed by atoms with van der Waals surface area (Å²) in [5.74, 6) is -0.172. The van der Waals surface area contributed by atoms with Crippen molar-refractivity contribution in [2.75, 3.05) is 6.54 Å². The molecule has 1 aromatic carbocycles. The first kappa shape index (κ1) is 18.8. The highest BCUT2D eigenvalue weighted by molar-refractivity contribution is 5.83. The molecule has 1 aromatic rings. The van der Waals surface area contributed by atoms with Gasteiger partial charge in [-0.2, -0.15) is 0 Å². The molecular weight excluding hydrogens is 335 g/mol. The molecule has 1 aliphatic carbocycles. The van der Waals surface area contributed by atoms with Crippen LogP contribution < -0.4 is 5.73 Å². The third kappa shape index (κ3) is 4.61. The Hall–Kier alpha value is -1.95. The van der Waals surface area contributed by atoms with Crippen LogP contribution in [0.15, 0.2) is 24.3 Å². The molecule has 3 unspecified atom stereocenters. The summed E-state index contributed by atoms with van der Waals surface area (Å²) in [5, 5.41) is 0. The van der Waals surface area contributed by atoms with Crippen LogP contribution in [-0.2, 0) is 9.53 Å². The molecule has 5 nitrogen and oxygen atoms in total. The van der Waals surface area contributed by atoms with Crippen LogP contribution in [-0.4, -0.2) is 29.5 Å². The maximum absolute atomic E-state index is 13.4. The Kier molecular flexibility index (Phi) is 6.25. The second kappa shape index (κ2) is 8.62. The lowest BCUT2D eigenvalue weighted by Gasteiger charge is -2.48. The van der Waals surface area contributed by atoms with Gasteiger partial charge in [0, 0.05) is 18.5 Å². The van der Waals surface area contributed by atoms with Crippen molar-refractivity contribution >= 4 is 12.1 Å². The van der Waals surface area contributed by atoms with E-state index in [0.717, 1.165) is 18.5 Å². The molecule has 6 heteroatoms. The fourth-order valence-electron chi connectivity index (χ4n) is 4.68. The number of benzene rings is 1. The second-order valence-electron chi connectivity index (χ2n) is 7.39. The summed E-state index contributed by atoms with van der Waals surface area (Å²) < 4.78 is 17.9. The molecule has 1 aliphatic heterocycles. The number of likely N-dealkylation sites (tertiary alicyclic amines) is 1. The van der Waals surface area contributed by atoms with Gasteiger partial charge >= 0.3 is 12.1 Å². The number of esters is 1. The second-order valence-corrected chi connectivity index (χ2v) is 7.39. The minimum absolute atomic E-state index is 0.0157. The first-order chi connectivity index (χ1) is 12.5. The van der Waals surface area contributed by atoms with E-state index in [0.29, 0.717) is 18.4 Å². The zero-order valence-corrected chi connectivity index (χ0v) is 15.0. The van der Waals surface area contributed by atoms with E-state index in [1.165, 1.54) is 44.2 Å². The largest absolute Gasteiger partial charge is 0.412 e. The lowest BCUT2D eigenvalue weighted by molar-refractivity contribution is -0.137. The Bertz CT molecular complexity index is 632. The highest BCUT2D eigenvalue weighted by atomic mass is 19.1. The van der Waals surface area contributed by atoms with Gasteiger partial charge in [-0.3, -0.25) is 9.69 Å². The van der Waals surface area contributed by atoms with Crippen LogP contribution in [0.1, 0.15) is 63.0 Å². The maximum Gasteiger partial charge on any atom is 0.412 e. The smallest absolute Gasteiger partial charge is 0.376 e. The summed E-state index contributed by atoms with van der Waals surface area (Å²) in [6.07, 6.45) is 6.94. The van der Waals surface area contributed by atoms with Crippen molar-refractivity contribution in [2.24, 2.45) is 11.7 Å². The van der Waals surface area contributed by atoms with E-state index >= 15 is 0 Å². The average molecular weight is 362 g/mol. The lowest BCUT2D eigenvalue weighted by atomic mass is 9.77. The van der Waals surface area contributed by atoms with Crippen LogP contribution in [0.5, 0.6) is 0 Å². The molecule has 0 aromatic heterocycles. The van der Waals surface area contributed by atoms with Gasteiger partial charge in [0.05, 0.1) is 0 Å². The van der Waals surface area contributed by atoms with Gasteiger partial charge in [0.15, 0.2) is 0 Å². The molecule has 3 atom stereocenters. The summed E-state index contributed by atoms with van der Waals surface area (Å²) in [6.45, 7) is 0.980. The highest BCUT2D eigenvalue weighted by Gasteiger charge is 2.37.